The largest absolute Gasteiger partial charge is 0.473 e. The summed E-state index contributed by atoms with van der Waals surface area (Å²) in [4.78, 5) is 3.58. The number of nitrogens with zero attached hydrogens (tertiary/aromatic N) is 2. The van der Waals surface area contributed by atoms with Crippen molar-refractivity contribution in [3.63, 3.8) is 0 Å². The monoisotopic (exact) mass is 351 g/mol. The lowest BCUT2D eigenvalue weighted by Gasteiger charge is -2.16. The van der Waals surface area contributed by atoms with Gasteiger partial charge in [-0.1, -0.05) is 0 Å². The zero-order chi connectivity index (χ0) is 17.1. The van der Waals surface area contributed by atoms with Crippen LogP contribution in [0.1, 0.15) is 6.42 Å². The molecule has 1 saturated heterocycles. The SMILES string of the molecule is NC/C(=C\F)COc1ccc(S(=O)(=O)N2CCC(F)(F)C2)cn1. The van der Waals surface area contributed by atoms with Crippen molar-refractivity contribution in [2.75, 3.05) is 26.2 Å². The van der Waals surface area contributed by atoms with Crippen molar-refractivity contribution in [3.8, 4) is 5.88 Å². The van der Waals surface area contributed by atoms with Crippen LogP contribution < -0.4 is 10.5 Å². The quantitative estimate of drug-likeness (QED) is 0.835. The van der Waals surface area contributed by atoms with Crippen LogP contribution in [0.25, 0.3) is 0 Å². The first-order valence-electron chi connectivity index (χ1n) is 6.73. The zero-order valence-corrected chi connectivity index (χ0v) is 12.9. The predicted molar refractivity (Wildman–Crippen MR) is 76.3 cm³/mol. The number of ether oxygens (including phenoxy) is 1. The molecule has 0 radical (unpaired) electrons. The fourth-order valence-electron chi connectivity index (χ4n) is 1.96. The fraction of sp³-hybridized carbons (Fsp3) is 0.462. The van der Waals surface area contributed by atoms with Gasteiger partial charge in [0.05, 0.1) is 19.1 Å². The molecule has 0 spiro atoms. The number of nitrogens with two attached hydrogens (primary N) is 1. The first-order chi connectivity index (χ1) is 10.8. The molecule has 0 saturated carbocycles. The Labute approximate surface area is 131 Å². The lowest BCUT2D eigenvalue weighted by atomic mass is 10.3. The van der Waals surface area contributed by atoms with Gasteiger partial charge in [0.2, 0.25) is 15.9 Å². The van der Waals surface area contributed by atoms with Crippen LogP contribution in [0.5, 0.6) is 5.88 Å². The van der Waals surface area contributed by atoms with Gasteiger partial charge in [-0.05, 0) is 6.07 Å². The van der Waals surface area contributed by atoms with E-state index >= 15 is 0 Å². The number of rotatable bonds is 6. The molecule has 2 N–H and O–H groups in total. The van der Waals surface area contributed by atoms with Crippen molar-refractivity contribution in [1.82, 2.24) is 9.29 Å². The first-order valence-corrected chi connectivity index (χ1v) is 8.17. The summed E-state index contributed by atoms with van der Waals surface area (Å²) in [6, 6.07) is 2.48. The first kappa shape index (κ1) is 17.7. The van der Waals surface area contributed by atoms with Crippen molar-refractivity contribution in [1.29, 1.82) is 0 Å². The number of hydrogen-bond donors (Lipinski definition) is 1. The summed E-state index contributed by atoms with van der Waals surface area (Å²) in [6.45, 7) is -1.22. The highest BCUT2D eigenvalue weighted by molar-refractivity contribution is 7.89. The van der Waals surface area contributed by atoms with Crippen LogP contribution in [0.3, 0.4) is 0 Å². The summed E-state index contributed by atoms with van der Waals surface area (Å²) in [6.07, 6.45) is 0.840. The van der Waals surface area contributed by atoms with Crippen LogP contribution >= 0.6 is 0 Å². The third-order valence-electron chi connectivity index (χ3n) is 3.30. The highest BCUT2D eigenvalue weighted by atomic mass is 32.2. The van der Waals surface area contributed by atoms with Crippen LogP contribution in [-0.2, 0) is 10.0 Å². The maximum atomic E-state index is 13.2. The number of aromatic nitrogens is 1. The maximum absolute atomic E-state index is 13.2. The summed E-state index contributed by atoms with van der Waals surface area (Å²) in [5.41, 5.74) is 5.48. The second kappa shape index (κ2) is 6.85. The molecule has 2 rings (SSSR count). The van der Waals surface area contributed by atoms with Gasteiger partial charge in [0.1, 0.15) is 11.5 Å². The van der Waals surface area contributed by atoms with Gasteiger partial charge in [0.15, 0.2) is 0 Å². The number of hydrogen-bond acceptors (Lipinski definition) is 5. The summed E-state index contributed by atoms with van der Waals surface area (Å²) < 4.78 is 69.0. The summed E-state index contributed by atoms with van der Waals surface area (Å²) in [7, 11) is -4.02. The third-order valence-corrected chi connectivity index (χ3v) is 5.13. The molecule has 0 aromatic carbocycles. The summed E-state index contributed by atoms with van der Waals surface area (Å²) in [5, 5.41) is 0. The van der Waals surface area contributed by atoms with Crippen LogP contribution in [0, 0.1) is 0 Å². The molecule has 0 atom stereocenters. The molecule has 1 aromatic rings. The average Bonchev–Trinajstić information content (AvgIpc) is 2.89. The minimum absolute atomic E-state index is 0.0217. The molecule has 0 aliphatic carbocycles. The number of pyridine rings is 1. The Hall–Kier alpha value is -1.65. The van der Waals surface area contributed by atoms with Gasteiger partial charge < -0.3 is 10.5 Å². The summed E-state index contributed by atoms with van der Waals surface area (Å²) >= 11 is 0. The third kappa shape index (κ3) is 4.21. The van der Waals surface area contributed by atoms with Crippen molar-refractivity contribution in [2.24, 2.45) is 5.73 Å². The Bertz CT molecular complexity index is 677. The Kier molecular flexibility index (Phi) is 5.27. The van der Waals surface area contributed by atoms with Gasteiger partial charge in [0.25, 0.3) is 5.92 Å². The van der Waals surface area contributed by atoms with Crippen molar-refractivity contribution < 1.29 is 26.3 Å². The molecular weight excluding hydrogens is 335 g/mol. The lowest BCUT2D eigenvalue weighted by molar-refractivity contribution is 0.0183. The second-order valence-electron chi connectivity index (χ2n) is 5.04. The Balaban J connectivity index is 2.07. The van der Waals surface area contributed by atoms with Gasteiger partial charge in [-0.2, -0.15) is 4.31 Å². The van der Waals surface area contributed by atoms with Gasteiger partial charge in [-0.25, -0.2) is 26.6 Å². The van der Waals surface area contributed by atoms with E-state index in [9.17, 15) is 21.6 Å². The van der Waals surface area contributed by atoms with E-state index in [1.54, 1.807) is 0 Å². The Morgan fingerprint density at radius 3 is 2.70 bits per heavy atom. The van der Waals surface area contributed by atoms with Gasteiger partial charge >= 0.3 is 0 Å². The van der Waals surface area contributed by atoms with E-state index in [1.807, 2.05) is 0 Å². The van der Waals surface area contributed by atoms with Crippen LogP contribution in [0.15, 0.2) is 35.1 Å². The molecule has 23 heavy (non-hydrogen) atoms. The van der Waals surface area contributed by atoms with Crippen molar-refractivity contribution in [3.05, 3.63) is 30.2 Å². The van der Waals surface area contributed by atoms with Crippen LogP contribution in [0.2, 0.25) is 0 Å². The minimum Gasteiger partial charge on any atom is -0.473 e. The highest BCUT2D eigenvalue weighted by Crippen LogP contribution is 2.31. The van der Waals surface area contributed by atoms with E-state index in [0.29, 0.717) is 6.33 Å². The van der Waals surface area contributed by atoms with E-state index < -0.39 is 28.9 Å². The molecule has 0 unspecified atom stereocenters. The molecule has 1 fully saturated rings. The molecule has 0 amide bonds. The zero-order valence-electron chi connectivity index (χ0n) is 12.1. The molecule has 6 nitrogen and oxygen atoms in total. The van der Waals surface area contributed by atoms with Crippen molar-refractivity contribution in [2.45, 2.75) is 17.2 Å². The molecule has 128 valence electrons. The Morgan fingerprint density at radius 1 is 1.48 bits per heavy atom. The van der Waals surface area contributed by atoms with Crippen molar-refractivity contribution >= 4 is 10.0 Å². The lowest BCUT2D eigenvalue weighted by Crippen LogP contribution is -2.31. The molecule has 10 heteroatoms. The topological polar surface area (TPSA) is 85.5 Å². The average molecular weight is 351 g/mol. The molecular formula is C13H16F3N3O3S. The Morgan fingerprint density at radius 2 is 2.22 bits per heavy atom. The predicted octanol–water partition coefficient (Wildman–Crippen LogP) is 1.30. The van der Waals surface area contributed by atoms with E-state index in [4.69, 9.17) is 10.5 Å². The van der Waals surface area contributed by atoms with E-state index in [1.165, 1.54) is 12.1 Å². The molecule has 1 aliphatic rings. The fourth-order valence-corrected chi connectivity index (χ4v) is 3.38. The normalized spacial score (nSPS) is 19.0. The number of alkyl halides is 2. The van der Waals surface area contributed by atoms with E-state index in [0.717, 1.165) is 10.5 Å². The number of halogens is 3. The number of sulfonamides is 1. The molecule has 2 heterocycles. The van der Waals surface area contributed by atoms with Gasteiger partial charge in [0, 0.05) is 31.1 Å². The molecule has 1 aliphatic heterocycles. The van der Waals surface area contributed by atoms with Crippen LogP contribution in [0.4, 0.5) is 13.2 Å². The highest BCUT2D eigenvalue weighted by Gasteiger charge is 2.43. The van der Waals surface area contributed by atoms with E-state index in [2.05, 4.69) is 4.98 Å². The second-order valence-corrected chi connectivity index (χ2v) is 6.97. The minimum atomic E-state index is -4.02. The maximum Gasteiger partial charge on any atom is 0.262 e. The molecule has 0 bridgehead atoms. The molecule has 1 aromatic heterocycles. The van der Waals surface area contributed by atoms with E-state index in [-0.39, 0.29) is 36.0 Å². The van der Waals surface area contributed by atoms with Gasteiger partial charge in [-0.3, -0.25) is 0 Å². The summed E-state index contributed by atoms with van der Waals surface area (Å²) in [5.74, 6) is -2.94. The van der Waals surface area contributed by atoms with Crippen LogP contribution in [-0.4, -0.2) is 49.9 Å². The smallest absolute Gasteiger partial charge is 0.262 e. The van der Waals surface area contributed by atoms with Gasteiger partial charge in [-0.15, -0.1) is 0 Å². The standard InChI is InChI=1S/C13H16F3N3O3S/c14-5-10(6-17)8-22-12-2-1-11(7-18-12)23(20,21)19-4-3-13(15,16)9-19/h1-2,5,7H,3-4,6,8-9,17H2/b10-5+.